The number of nitrogens with one attached hydrogen (secondary N) is 1. The molecule has 0 bridgehead atoms. The van der Waals surface area contributed by atoms with Crippen molar-refractivity contribution in [3.05, 3.63) is 29.8 Å². The van der Waals surface area contributed by atoms with Crippen LogP contribution in [-0.2, 0) is 4.79 Å². The molecule has 1 N–H and O–H groups in total. The van der Waals surface area contributed by atoms with Crippen LogP contribution in [0.15, 0.2) is 34.4 Å². The van der Waals surface area contributed by atoms with E-state index in [9.17, 15) is 4.79 Å². The molecule has 2 heterocycles. The number of rotatable bonds is 3. The molecule has 1 aromatic carbocycles. The summed E-state index contributed by atoms with van der Waals surface area (Å²) in [6, 6.07) is 8.78. The predicted octanol–water partition coefficient (Wildman–Crippen LogP) is 3.21. The van der Waals surface area contributed by atoms with Crippen LogP contribution in [-0.4, -0.2) is 34.1 Å². The number of nitrogens with zero attached hydrogens (tertiary/aromatic N) is 3. The molecule has 1 aromatic rings. The Bertz CT molecular complexity index is 666. The summed E-state index contributed by atoms with van der Waals surface area (Å²) < 4.78 is 0. The molecule has 1 saturated carbocycles. The molecular weight excluding hydrogens is 308 g/mol. The van der Waals surface area contributed by atoms with E-state index in [1.54, 1.807) is 0 Å². The minimum Gasteiger partial charge on any atom is -0.353 e. The fraction of sp³-hybridized carbons (Fsp3) is 0.471. The lowest BCUT2D eigenvalue weighted by Gasteiger charge is -2.29. The van der Waals surface area contributed by atoms with Crippen LogP contribution in [0, 0.1) is 0 Å². The topological polar surface area (TPSA) is 57.1 Å². The Morgan fingerprint density at radius 2 is 2.13 bits per heavy atom. The number of carbonyl (C=O) groups excluding carboxylic acids is 1. The fourth-order valence-corrected chi connectivity index (χ4v) is 4.26. The highest BCUT2D eigenvalue weighted by Crippen LogP contribution is 2.40. The average Bonchev–Trinajstić information content (AvgIpc) is 3.24. The fourth-order valence-electron chi connectivity index (χ4n) is 3.45. The zero-order valence-corrected chi connectivity index (χ0v) is 13.8. The standard InChI is InChI=1S/C17H20N4OS/c22-16(19-12-5-1-2-6-12)11-23-17-20-14-8-4-3-7-13(14)15-9-10-18-21(15)17/h3-4,7-8,10,12,15H,1-2,5-6,9,11H2,(H,19,22). The van der Waals surface area contributed by atoms with Crippen molar-refractivity contribution >= 4 is 34.7 Å². The molecule has 1 amide bonds. The summed E-state index contributed by atoms with van der Waals surface area (Å²) >= 11 is 1.48. The highest BCUT2D eigenvalue weighted by molar-refractivity contribution is 8.14. The van der Waals surface area contributed by atoms with Crippen molar-refractivity contribution in [1.29, 1.82) is 0 Å². The molecule has 1 fully saturated rings. The van der Waals surface area contributed by atoms with Crippen LogP contribution >= 0.6 is 11.8 Å². The monoisotopic (exact) mass is 328 g/mol. The van der Waals surface area contributed by atoms with Crippen molar-refractivity contribution in [2.45, 2.75) is 44.2 Å². The van der Waals surface area contributed by atoms with Gasteiger partial charge in [-0.3, -0.25) is 4.79 Å². The number of hydrogen-bond donors (Lipinski definition) is 1. The van der Waals surface area contributed by atoms with Gasteiger partial charge in [-0.05, 0) is 18.9 Å². The first-order valence-electron chi connectivity index (χ1n) is 8.23. The smallest absolute Gasteiger partial charge is 0.230 e. The van der Waals surface area contributed by atoms with Crippen molar-refractivity contribution in [1.82, 2.24) is 10.3 Å². The Balaban J connectivity index is 1.44. The lowest BCUT2D eigenvalue weighted by molar-refractivity contribution is -0.119. The van der Waals surface area contributed by atoms with Crippen LogP contribution < -0.4 is 5.32 Å². The molecular formula is C17H20N4OS. The van der Waals surface area contributed by atoms with E-state index >= 15 is 0 Å². The number of aliphatic imine (C=N–C) groups is 1. The predicted molar refractivity (Wildman–Crippen MR) is 94.1 cm³/mol. The van der Waals surface area contributed by atoms with E-state index in [2.05, 4.69) is 16.5 Å². The Morgan fingerprint density at radius 1 is 1.30 bits per heavy atom. The van der Waals surface area contributed by atoms with E-state index in [0.717, 1.165) is 30.1 Å². The number of benzene rings is 1. The van der Waals surface area contributed by atoms with Gasteiger partial charge in [-0.2, -0.15) is 5.10 Å². The molecule has 6 heteroatoms. The SMILES string of the molecule is O=C(CSC1=Nc2ccccc2C2CC=NN12)NC1CCCC1. The van der Waals surface area contributed by atoms with Gasteiger partial charge in [0, 0.05) is 24.2 Å². The minimum absolute atomic E-state index is 0.100. The summed E-state index contributed by atoms with van der Waals surface area (Å²) in [5.41, 5.74) is 2.21. The summed E-state index contributed by atoms with van der Waals surface area (Å²) in [5.74, 6) is 0.499. The number of para-hydroxylation sites is 1. The lowest BCUT2D eigenvalue weighted by Crippen LogP contribution is -2.35. The number of fused-ring (bicyclic) bond motifs is 3. The van der Waals surface area contributed by atoms with Gasteiger partial charge in [0.05, 0.1) is 17.5 Å². The molecule has 0 aromatic heterocycles. The number of hydrazone groups is 1. The third-order valence-electron chi connectivity index (χ3n) is 4.59. The zero-order valence-electron chi connectivity index (χ0n) is 12.9. The Kier molecular flexibility index (Phi) is 4.08. The van der Waals surface area contributed by atoms with Crippen molar-refractivity contribution in [2.24, 2.45) is 10.1 Å². The highest BCUT2D eigenvalue weighted by Gasteiger charge is 2.32. The Hall–Kier alpha value is -1.82. The molecule has 1 unspecified atom stereocenters. The minimum atomic E-state index is 0.100. The average molecular weight is 328 g/mol. The van der Waals surface area contributed by atoms with Gasteiger partial charge >= 0.3 is 0 Å². The maximum absolute atomic E-state index is 12.1. The van der Waals surface area contributed by atoms with Crippen LogP contribution in [0.25, 0.3) is 0 Å². The maximum atomic E-state index is 12.1. The zero-order chi connectivity index (χ0) is 15.6. The van der Waals surface area contributed by atoms with Gasteiger partial charge in [-0.25, -0.2) is 10.0 Å². The molecule has 1 atom stereocenters. The van der Waals surface area contributed by atoms with Crippen LogP contribution in [0.3, 0.4) is 0 Å². The van der Waals surface area contributed by atoms with Gasteiger partial charge in [-0.15, -0.1) is 0 Å². The summed E-state index contributed by atoms with van der Waals surface area (Å²) in [5, 5.41) is 10.3. The van der Waals surface area contributed by atoms with Gasteiger partial charge in [0.2, 0.25) is 5.91 Å². The van der Waals surface area contributed by atoms with Crippen LogP contribution in [0.2, 0.25) is 0 Å². The van der Waals surface area contributed by atoms with Crippen molar-refractivity contribution in [3.8, 4) is 0 Å². The van der Waals surface area contributed by atoms with Crippen LogP contribution in [0.1, 0.15) is 43.7 Å². The first-order chi connectivity index (χ1) is 11.3. The molecule has 0 spiro atoms. The van der Waals surface area contributed by atoms with Gasteiger partial charge in [-0.1, -0.05) is 42.8 Å². The molecule has 0 radical (unpaired) electrons. The van der Waals surface area contributed by atoms with Crippen LogP contribution in [0.5, 0.6) is 0 Å². The van der Waals surface area contributed by atoms with Crippen molar-refractivity contribution in [3.63, 3.8) is 0 Å². The summed E-state index contributed by atoms with van der Waals surface area (Å²) in [7, 11) is 0. The summed E-state index contributed by atoms with van der Waals surface area (Å²) in [6.45, 7) is 0. The molecule has 2 aliphatic heterocycles. The molecule has 23 heavy (non-hydrogen) atoms. The van der Waals surface area contributed by atoms with Gasteiger partial charge in [0.1, 0.15) is 0 Å². The molecule has 0 saturated heterocycles. The van der Waals surface area contributed by atoms with E-state index in [-0.39, 0.29) is 11.9 Å². The van der Waals surface area contributed by atoms with E-state index in [0.29, 0.717) is 11.8 Å². The Morgan fingerprint density at radius 3 is 3.00 bits per heavy atom. The van der Waals surface area contributed by atoms with E-state index in [1.807, 2.05) is 29.4 Å². The van der Waals surface area contributed by atoms with Crippen LogP contribution in [0.4, 0.5) is 5.69 Å². The van der Waals surface area contributed by atoms with Crippen molar-refractivity contribution < 1.29 is 4.79 Å². The quantitative estimate of drug-likeness (QED) is 0.927. The normalized spacial score (nSPS) is 22.7. The maximum Gasteiger partial charge on any atom is 0.230 e. The second kappa shape index (κ2) is 6.35. The second-order valence-corrected chi connectivity index (χ2v) is 7.13. The van der Waals surface area contributed by atoms with Gasteiger partial charge in [0.25, 0.3) is 0 Å². The third kappa shape index (κ3) is 3.00. The largest absolute Gasteiger partial charge is 0.353 e. The number of hydrogen-bond acceptors (Lipinski definition) is 5. The number of amides is 1. The summed E-state index contributed by atoms with van der Waals surface area (Å²) in [4.78, 5) is 16.8. The van der Waals surface area contributed by atoms with Gasteiger partial charge in [0.15, 0.2) is 5.17 Å². The highest BCUT2D eigenvalue weighted by atomic mass is 32.2. The first-order valence-corrected chi connectivity index (χ1v) is 9.21. The summed E-state index contributed by atoms with van der Waals surface area (Å²) in [6.07, 6.45) is 7.51. The first kappa shape index (κ1) is 14.8. The third-order valence-corrected chi connectivity index (χ3v) is 5.53. The number of amidine groups is 1. The number of carbonyl (C=O) groups is 1. The van der Waals surface area contributed by atoms with E-state index < -0.39 is 0 Å². The molecule has 1 aliphatic carbocycles. The van der Waals surface area contributed by atoms with Gasteiger partial charge < -0.3 is 5.32 Å². The second-order valence-electron chi connectivity index (χ2n) is 6.18. The number of thioether (sulfide) groups is 1. The molecule has 5 nitrogen and oxygen atoms in total. The van der Waals surface area contributed by atoms with E-state index in [4.69, 9.17) is 4.99 Å². The molecule has 4 rings (SSSR count). The van der Waals surface area contributed by atoms with E-state index in [1.165, 1.54) is 30.2 Å². The van der Waals surface area contributed by atoms with Crippen molar-refractivity contribution in [2.75, 3.05) is 5.75 Å². The Labute approximate surface area is 140 Å². The molecule has 120 valence electrons. The molecule has 3 aliphatic rings. The lowest BCUT2D eigenvalue weighted by atomic mass is 10.0.